The van der Waals surface area contributed by atoms with E-state index in [4.69, 9.17) is 2.74 Å². The Labute approximate surface area is 105 Å². The van der Waals surface area contributed by atoms with Gasteiger partial charge in [0.25, 0.3) is 0 Å². The van der Waals surface area contributed by atoms with Crippen molar-refractivity contribution in [2.45, 2.75) is 40.7 Å². The predicted octanol–water partition coefficient (Wildman–Crippen LogP) is 4.88. The van der Waals surface area contributed by atoms with Gasteiger partial charge < -0.3 is 0 Å². The smallest absolute Gasteiger partial charge is 0.0617 e. The first-order valence-corrected chi connectivity index (χ1v) is 8.63. The first-order chi connectivity index (χ1) is 8.36. The second kappa shape index (κ2) is 5.82. The molecule has 0 heterocycles. The standard InChI is InChI=1S/C15H26P/c1-6-16(7-2,8-3)12-15-13(4)10-9-11-14(15)5/h9-11H,6-8,12H2,1-5H3/q+1/i12D2. The molecule has 0 aromatic heterocycles. The molecule has 1 rings (SSSR count). The second-order valence-electron chi connectivity index (χ2n) is 4.47. The van der Waals surface area contributed by atoms with Crippen molar-refractivity contribution in [3.63, 3.8) is 0 Å². The van der Waals surface area contributed by atoms with Gasteiger partial charge in [-0.05, 0) is 51.3 Å². The molecule has 1 aromatic rings. The molecule has 16 heavy (non-hydrogen) atoms. The quantitative estimate of drug-likeness (QED) is 0.642. The van der Waals surface area contributed by atoms with E-state index in [0.29, 0.717) is 0 Å². The topological polar surface area (TPSA) is 0 Å². The van der Waals surface area contributed by atoms with Gasteiger partial charge >= 0.3 is 0 Å². The van der Waals surface area contributed by atoms with Crippen LogP contribution in [0.1, 0.15) is 40.2 Å². The molecular formula is C15H26P+. The summed E-state index contributed by atoms with van der Waals surface area (Å²) in [6.45, 7) is 10.6. The third-order valence-electron chi connectivity index (χ3n) is 3.65. The minimum Gasteiger partial charge on any atom is -0.0617 e. The molecular weight excluding hydrogens is 211 g/mol. The summed E-state index contributed by atoms with van der Waals surface area (Å²) < 4.78 is 17.5. The van der Waals surface area contributed by atoms with Gasteiger partial charge in [-0.1, -0.05) is 18.2 Å². The molecule has 0 saturated carbocycles. The Morgan fingerprint density at radius 2 is 1.44 bits per heavy atom. The number of benzene rings is 1. The van der Waals surface area contributed by atoms with E-state index < -0.39 is 13.4 Å². The number of aryl methyl sites for hydroxylation is 2. The molecule has 0 aliphatic heterocycles. The Kier molecular flexibility index (Phi) is 3.92. The second-order valence-corrected chi connectivity index (χ2v) is 8.88. The first kappa shape index (κ1) is 10.8. The average molecular weight is 239 g/mol. The molecule has 0 fully saturated rings. The Morgan fingerprint density at radius 3 is 1.81 bits per heavy atom. The predicted molar refractivity (Wildman–Crippen MR) is 78.2 cm³/mol. The molecule has 0 amide bonds. The minimum absolute atomic E-state index is 0.948. The molecule has 0 aliphatic carbocycles. The van der Waals surface area contributed by atoms with Crippen LogP contribution in [0.5, 0.6) is 0 Å². The SMILES string of the molecule is [2H]C([2H])(c1c(C)cccc1C)[P+](CC)(CC)CC. The van der Waals surface area contributed by atoms with E-state index in [9.17, 15) is 0 Å². The molecule has 0 saturated heterocycles. The van der Waals surface area contributed by atoms with Crippen LogP contribution in [0, 0.1) is 13.8 Å². The molecule has 0 N–H and O–H groups in total. The summed E-state index contributed by atoms with van der Waals surface area (Å²) in [6, 6.07) is 6.10. The van der Waals surface area contributed by atoms with Gasteiger partial charge in [-0.2, -0.15) is 0 Å². The van der Waals surface area contributed by atoms with E-state index in [0.717, 1.165) is 35.2 Å². The molecule has 0 spiro atoms. The average Bonchev–Trinajstić information content (AvgIpc) is 2.31. The number of hydrogen-bond acceptors (Lipinski definition) is 0. The lowest BCUT2D eigenvalue weighted by Gasteiger charge is -2.25. The first-order valence-electron chi connectivity index (χ1n) is 7.29. The van der Waals surface area contributed by atoms with E-state index in [2.05, 4.69) is 20.8 Å². The molecule has 1 aromatic carbocycles. The van der Waals surface area contributed by atoms with E-state index in [1.54, 1.807) is 0 Å². The Bertz CT molecular complexity index is 380. The number of rotatable bonds is 5. The number of hydrogen-bond donors (Lipinski definition) is 0. The van der Waals surface area contributed by atoms with Crippen molar-refractivity contribution in [3.05, 3.63) is 34.9 Å². The normalized spacial score (nSPS) is 14.6. The fourth-order valence-electron chi connectivity index (χ4n) is 2.14. The van der Waals surface area contributed by atoms with Crippen LogP contribution in [0.3, 0.4) is 0 Å². The van der Waals surface area contributed by atoms with Gasteiger partial charge in [-0.25, -0.2) is 0 Å². The molecule has 90 valence electrons. The zero-order valence-corrected chi connectivity index (χ0v) is 12.2. The van der Waals surface area contributed by atoms with Gasteiger partial charge in [0.15, 0.2) is 0 Å². The highest BCUT2D eigenvalue weighted by Crippen LogP contribution is 2.60. The van der Waals surface area contributed by atoms with Crippen LogP contribution in [-0.2, 0) is 6.11 Å². The highest BCUT2D eigenvalue weighted by molar-refractivity contribution is 7.75. The fourth-order valence-corrected chi connectivity index (χ4v) is 4.78. The summed E-state index contributed by atoms with van der Waals surface area (Å²) in [5.41, 5.74) is 3.14. The van der Waals surface area contributed by atoms with E-state index in [1.807, 2.05) is 32.0 Å². The van der Waals surface area contributed by atoms with E-state index >= 15 is 0 Å². The van der Waals surface area contributed by atoms with Crippen LogP contribution in [0.25, 0.3) is 0 Å². The maximum atomic E-state index is 8.77. The lowest BCUT2D eigenvalue weighted by molar-refractivity contribution is 1.17. The van der Waals surface area contributed by atoms with E-state index in [-0.39, 0.29) is 0 Å². The molecule has 1 heteroatoms. The van der Waals surface area contributed by atoms with Crippen LogP contribution >= 0.6 is 7.26 Å². The van der Waals surface area contributed by atoms with Crippen LogP contribution in [0.15, 0.2) is 18.2 Å². The highest BCUT2D eigenvalue weighted by Gasteiger charge is 2.32. The summed E-state index contributed by atoms with van der Waals surface area (Å²) in [7, 11) is -1.58. The summed E-state index contributed by atoms with van der Waals surface area (Å²) in [5, 5.41) is 0. The van der Waals surface area contributed by atoms with Gasteiger partial charge in [0.05, 0.1) is 27.3 Å². The van der Waals surface area contributed by atoms with Crippen molar-refractivity contribution >= 4 is 7.26 Å². The van der Waals surface area contributed by atoms with Crippen molar-refractivity contribution in [2.24, 2.45) is 0 Å². The lowest BCUT2D eigenvalue weighted by atomic mass is 10.1. The van der Waals surface area contributed by atoms with Crippen LogP contribution in [-0.4, -0.2) is 18.5 Å². The van der Waals surface area contributed by atoms with Crippen LogP contribution in [0.4, 0.5) is 0 Å². The third-order valence-corrected chi connectivity index (χ3v) is 7.98. The van der Waals surface area contributed by atoms with E-state index in [1.165, 1.54) is 0 Å². The van der Waals surface area contributed by atoms with Crippen molar-refractivity contribution in [1.82, 2.24) is 0 Å². The van der Waals surface area contributed by atoms with Crippen LogP contribution < -0.4 is 0 Å². The summed E-state index contributed by atoms with van der Waals surface area (Å²) in [5.74, 6) is 0. The Hall–Kier alpha value is -0.350. The molecule has 0 unspecified atom stereocenters. The maximum absolute atomic E-state index is 8.77. The van der Waals surface area contributed by atoms with Crippen molar-refractivity contribution in [3.8, 4) is 0 Å². The van der Waals surface area contributed by atoms with Gasteiger partial charge in [-0.3, -0.25) is 0 Å². The van der Waals surface area contributed by atoms with Crippen molar-refractivity contribution < 1.29 is 2.74 Å². The van der Waals surface area contributed by atoms with Crippen LogP contribution in [0.2, 0.25) is 0 Å². The lowest BCUT2D eigenvalue weighted by Crippen LogP contribution is -2.08. The van der Waals surface area contributed by atoms with Crippen molar-refractivity contribution in [2.75, 3.05) is 18.5 Å². The van der Waals surface area contributed by atoms with Gasteiger partial charge in [0, 0.05) is 7.26 Å². The monoisotopic (exact) mass is 239 g/mol. The molecule has 0 bridgehead atoms. The summed E-state index contributed by atoms with van der Waals surface area (Å²) >= 11 is 0. The third kappa shape index (κ3) is 2.86. The highest BCUT2D eigenvalue weighted by atomic mass is 31.2. The Morgan fingerprint density at radius 1 is 1.00 bits per heavy atom. The molecule has 0 radical (unpaired) electrons. The zero-order chi connectivity index (χ0) is 14.0. The largest absolute Gasteiger partial charge is 0.0847 e. The Balaban J connectivity index is 3.44. The zero-order valence-electron chi connectivity index (χ0n) is 13.3. The maximum Gasteiger partial charge on any atom is 0.0847 e. The summed E-state index contributed by atoms with van der Waals surface area (Å²) in [6.07, 6.45) is 1.81. The summed E-state index contributed by atoms with van der Waals surface area (Å²) in [4.78, 5) is 0. The minimum atomic E-state index is -1.58. The van der Waals surface area contributed by atoms with Gasteiger partial charge in [-0.15, -0.1) is 0 Å². The molecule has 0 atom stereocenters. The van der Waals surface area contributed by atoms with Gasteiger partial charge in [0.2, 0.25) is 0 Å². The van der Waals surface area contributed by atoms with Gasteiger partial charge in [0.1, 0.15) is 0 Å². The van der Waals surface area contributed by atoms with Crippen molar-refractivity contribution in [1.29, 1.82) is 0 Å². The molecule has 0 aliphatic rings. The fraction of sp³-hybridized carbons (Fsp3) is 0.600. The molecule has 0 nitrogen and oxygen atoms in total.